The van der Waals surface area contributed by atoms with Gasteiger partial charge in [0.2, 0.25) is 0 Å². The number of nitrogens with zero attached hydrogens (tertiary/aromatic N) is 2. The van der Waals surface area contributed by atoms with Crippen molar-refractivity contribution in [1.82, 2.24) is 15.3 Å². The first-order chi connectivity index (χ1) is 9.22. The monoisotopic (exact) mass is 277 g/mol. The Morgan fingerprint density at radius 1 is 1.42 bits per heavy atom. The summed E-state index contributed by atoms with van der Waals surface area (Å²) in [6.45, 7) is 2.52. The summed E-state index contributed by atoms with van der Waals surface area (Å²) in [6, 6.07) is 7.14. The van der Waals surface area contributed by atoms with Crippen molar-refractivity contribution in [2.75, 3.05) is 12.3 Å². The lowest BCUT2D eigenvalue weighted by Gasteiger charge is -2.12. The second-order valence-corrected chi connectivity index (χ2v) is 4.96. The minimum atomic E-state index is -0.840. The number of aliphatic carboxylic acids is 1. The van der Waals surface area contributed by atoms with Gasteiger partial charge in [-0.05, 0) is 12.6 Å². The first-order valence-electron chi connectivity index (χ1n) is 6.01. The molecule has 0 radical (unpaired) electrons. The summed E-state index contributed by atoms with van der Waals surface area (Å²) < 4.78 is 0. The lowest BCUT2D eigenvalue weighted by Crippen LogP contribution is -2.38. The highest BCUT2D eigenvalue weighted by atomic mass is 32.2. The Kier molecular flexibility index (Phi) is 4.70. The molecule has 0 bridgehead atoms. The standard InChI is InChI=1S/C13H15N3O2S/c1-2-14-11(13(17)18)7-19-12-9-5-3-4-6-10(9)15-8-16-12/h3-6,8,11,14H,2,7H2,1H3,(H,17,18). The molecular formula is C13H15N3O2S. The normalized spacial score (nSPS) is 12.5. The van der Waals surface area contributed by atoms with E-state index in [1.165, 1.54) is 18.1 Å². The topological polar surface area (TPSA) is 75.1 Å². The summed E-state index contributed by atoms with van der Waals surface area (Å²) in [6.07, 6.45) is 1.51. The van der Waals surface area contributed by atoms with E-state index < -0.39 is 12.0 Å². The first-order valence-corrected chi connectivity index (χ1v) is 6.99. The van der Waals surface area contributed by atoms with Crippen LogP contribution in [-0.4, -0.2) is 39.4 Å². The Balaban J connectivity index is 2.15. The molecule has 0 amide bonds. The van der Waals surface area contributed by atoms with E-state index in [1.54, 1.807) is 0 Å². The van der Waals surface area contributed by atoms with Crippen LogP contribution in [0.5, 0.6) is 0 Å². The van der Waals surface area contributed by atoms with Gasteiger partial charge in [0.15, 0.2) is 0 Å². The Morgan fingerprint density at radius 2 is 2.21 bits per heavy atom. The molecule has 19 heavy (non-hydrogen) atoms. The molecule has 6 heteroatoms. The van der Waals surface area contributed by atoms with Gasteiger partial charge in [-0.25, -0.2) is 9.97 Å². The van der Waals surface area contributed by atoms with Crippen molar-refractivity contribution in [3.8, 4) is 0 Å². The highest BCUT2D eigenvalue weighted by Crippen LogP contribution is 2.24. The zero-order valence-electron chi connectivity index (χ0n) is 10.5. The molecule has 2 aromatic rings. The second kappa shape index (κ2) is 6.49. The third kappa shape index (κ3) is 3.42. The predicted octanol–water partition coefficient (Wildman–Crippen LogP) is 1.78. The maximum Gasteiger partial charge on any atom is 0.321 e. The molecule has 100 valence electrons. The summed E-state index contributed by atoms with van der Waals surface area (Å²) >= 11 is 1.43. The van der Waals surface area contributed by atoms with Crippen molar-refractivity contribution < 1.29 is 9.90 Å². The van der Waals surface area contributed by atoms with E-state index in [0.29, 0.717) is 12.3 Å². The lowest BCUT2D eigenvalue weighted by molar-refractivity contribution is -0.138. The van der Waals surface area contributed by atoms with Gasteiger partial charge in [-0.15, -0.1) is 11.8 Å². The van der Waals surface area contributed by atoms with Gasteiger partial charge in [-0.3, -0.25) is 4.79 Å². The molecule has 5 nitrogen and oxygen atoms in total. The van der Waals surface area contributed by atoms with Crippen LogP contribution in [0.25, 0.3) is 10.9 Å². The van der Waals surface area contributed by atoms with Gasteiger partial charge in [0.05, 0.1) is 5.52 Å². The van der Waals surface area contributed by atoms with Crippen LogP contribution < -0.4 is 5.32 Å². The second-order valence-electron chi connectivity index (χ2n) is 3.96. The van der Waals surface area contributed by atoms with Gasteiger partial charge in [-0.2, -0.15) is 0 Å². The summed E-state index contributed by atoms with van der Waals surface area (Å²) in [5, 5.41) is 13.8. The zero-order valence-corrected chi connectivity index (χ0v) is 11.4. The van der Waals surface area contributed by atoms with Crippen molar-refractivity contribution in [3.63, 3.8) is 0 Å². The van der Waals surface area contributed by atoms with E-state index in [1.807, 2.05) is 31.2 Å². The third-order valence-electron chi connectivity index (χ3n) is 2.64. The fraction of sp³-hybridized carbons (Fsp3) is 0.308. The molecule has 1 atom stereocenters. The van der Waals surface area contributed by atoms with Crippen molar-refractivity contribution in [1.29, 1.82) is 0 Å². The fourth-order valence-corrected chi connectivity index (χ4v) is 2.76. The fourth-order valence-electron chi connectivity index (χ4n) is 1.72. The lowest BCUT2D eigenvalue weighted by atomic mass is 10.2. The minimum Gasteiger partial charge on any atom is -0.480 e. The number of carboxylic acids is 1. The summed E-state index contributed by atoms with van der Waals surface area (Å²) in [5.41, 5.74) is 0.871. The van der Waals surface area contributed by atoms with Gasteiger partial charge in [-0.1, -0.05) is 25.1 Å². The highest BCUT2D eigenvalue weighted by molar-refractivity contribution is 7.99. The Bertz CT molecular complexity index is 571. The van der Waals surface area contributed by atoms with Crippen LogP contribution in [-0.2, 0) is 4.79 Å². The molecule has 2 rings (SSSR count). The van der Waals surface area contributed by atoms with E-state index in [-0.39, 0.29) is 0 Å². The molecule has 0 saturated heterocycles. The number of benzene rings is 1. The van der Waals surface area contributed by atoms with Gasteiger partial charge in [0.1, 0.15) is 17.4 Å². The number of fused-ring (bicyclic) bond motifs is 1. The molecule has 1 aromatic carbocycles. The molecule has 0 aliphatic carbocycles. The van der Waals surface area contributed by atoms with Crippen LogP contribution >= 0.6 is 11.8 Å². The number of aromatic nitrogens is 2. The van der Waals surface area contributed by atoms with Gasteiger partial charge in [0, 0.05) is 11.1 Å². The van der Waals surface area contributed by atoms with Crippen molar-refractivity contribution in [2.45, 2.75) is 18.0 Å². The molecule has 0 aliphatic heterocycles. The quantitative estimate of drug-likeness (QED) is 0.619. The number of rotatable bonds is 6. The number of hydrogen-bond donors (Lipinski definition) is 2. The SMILES string of the molecule is CCNC(CSc1ncnc2ccccc12)C(=O)O. The molecule has 1 unspecified atom stereocenters. The molecule has 0 aliphatic rings. The number of thioether (sulfide) groups is 1. The number of nitrogens with one attached hydrogen (secondary N) is 1. The van der Waals surface area contributed by atoms with Gasteiger partial charge in [0.25, 0.3) is 0 Å². The third-order valence-corrected chi connectivity index (χ3v) is 3.74. The first kappa shape index (κ1) is 13.8. The number of hydrogen-bond acceptors (Lipinski definition) is 5. The molecule has 0 fully saturated rings. The van der Waals surface area contributed by atoms with Crippen LogP contribution in [0.2, 0.25) is 0 Å². The van der Waals surface area contributed by atoms with E-state index in [9.17, 15) is 4.79 Å². The average molecular weight is 277 g/mol. The zero-order chi connectivity index (χ0) is 13.7. The summed E-state index contributed by atoms with van der Waals surface area (Å²) in [7, 11) is 0. The highest BCUT2D eigenvalue weighted by Gasteiger charge is 2.17. The van der Waals surface area contributed by atoms with E-state index >= 15 is 0 Å². The maximum absolute atomic E-state index is 11.1. The van der Waals surface area contributed by atoms with Crippen molar-refractivity contribution in [3.05, 3.63) is 30.6 Å². The molecule has 1 heterocycles. The average Bonchev–Trinajstić information content (AvgIpc) is 2.43. The van der Waals surface area contributed by atoms with Crippen LogP contribution in [0, 0.1) is 0 Å². The minimum absolute atomic E-state index is 0.435. The van der Waals surface area contributed by atoms with Gasteiger partial charge < -0.3 is 10.4 Å². The van der Waals surface area contributed by atoms with Gasteiger partial charge >= 0.3 is 5.97 Å². The molecule has 0 saturated carbocycles. The smallest absolute Gasteiger partial charge is 0.321 e. The van der Waals surface area contributed by atoms with E-state index in [4.69, 9.17) is 5.11 Å². The van der Waals surface area contributed by atoms with Crippen molar-refractivity contribution in [2.24, 2.45) is 0 Å². The molecule has 0 spiro atoms. The molecular weight excluding hydrogens is 262 g/mol. The number of carbonyl (C=O) groups is 1. The van der Waals surface area contributed by atoms with Crippen molar-refractivity contribution >= 4 is 28.6 Å². The summed E-state index contributed by atoms with van der Waals surface area (Å²) in [4.78, 5) is 19.5. The Morgan fingerprint density at radius 3 is 2.95 bits per heavy atom. The number of para-hydroxylation sites is 1. The van der Waals surface area contributed by atoms with Crippen LogP contribution in [0.15, 0.2) is 35.6 Å². The number of likely N-dealkylation sites (N-methyl/N-ethyl adjacent to an activating group) is 1. The predicted molar refractivity (Wildman–Crippen MR) is 75.4 cm³/mol. The van der Waals surface area contributed by atoms with Crippen LogP contribution in [0.3, 0.4) is 0 Å². The molecule has 2 N–H and O–H groups in total. The van der Waals surface area contributed by atoms with E-state index in [0.717, 1.165) is 15.9 Å². The van der Waals surface area contributed by atoms with Crippen LogP contribution in [0.4, 0.5) is 0 Å². The molecule has 1 aromatic heterocycles. The maximum atomic E-state index is 11.1. The largest absolute Gasteiger partial charge is 0.480 e. The van der Waals surface area contributed by atoms with Crippen LogP contribution in [0.1, 0.15) is 6.92 Å². The number of carboxylic acid groups (broad SMARTS) is 1. The Hall–Kier alpha value is -1.66. The summed E-state index contributed by atoms with van der Waals surface area (Å²) in [5.74, 6) is -0.405. The van der Waals surface area contributed by atoms with E-state index in [2.05, 4.69) is 15.3 Å². The Labute approximate surface area is 115 Å².